The van der Waals surface area contributed by atoms with E-state index in [1.807, 2.05) is 55.5 Å². The standard InChI is InChI=1S/C20H16N4O2/c1-14-3-2-4-16(13-14)22-20-24-23-19(26-20)15-5-7-17(8-6-15)25-18-9-11-21-12-10-18/h2-13H,1H3,(H,22,24). The molecule has 4 rings (SSSR count). The molecule has 0 unspecified atom stereocenters. The second kappa shape index (κ2) is 7.06. The van der Waals surface area contributed by atoms with Crippen LogP contribution in [0.25, 0.3) is 11.5 Å². The Morgan fingerprint density at radius 2 is 1.65 bits per heavy atom. The number of anilines is 2. The van der Waals surface area contributed by atoms with Gasteiger partial charge in [0.05, 0.1) is 0 Å². The van der Waals surface area contributed by atoms with Crippen molar-refractivity contribution in [2.45, 2.75) is 6.92 Å². The smallest absolute Gasteiger partial charge is 0.320 e. The van der Waals surface area contributed by atoms with E-state index < -0.39 is 0 Å². The molecule has 0 aliphatic heterocycles. The second-order valence-electron chi connectivity index (χ2n) is 5.72. The Balaban J connectivity index is 1.47. The van der Waals surface area contributed by atoms with E-state index in [0.29, 0.717) is 11.9 Å². The van der Waals surface area contributed by atoms with Gasteiger partial charge in [-0.3, -0.25) is 4.98 Å². The molecule has 1 N–H and O–H groups in total. The van der Waals surface area contributed by atoms with Crippen LogP contribution in [0.4, 0.5) is 11.7 Å². The summed E-state index contributed by atoms with van der Waals surface area (Å²) in [7, 11) is 0. The van der Waals surface area contributed by atoms with Crippen molar-refractivity contribution in [3.05, 3.63) is 78.6 Å². The molecule has 6 heteroatoms. The number of rotatable bonds is 5. The van der Waals surface area contributed by atoms with Gasteiger partial charge in [-0.2, -0.15) is 0 Å². The summed E-state index contributed by atoms with van der Waals surface area (Å²) in [5.41, 5.74) is 2.87. The number of aromatic nitrogens is 3. The van der Waals surface area contributed by atoms with Gasteiger partial charge in [0.1, 0.15) is 11.5 Å². The number of hydrogen-bond acceptors (Lipinski definition) is 6. The largest absolute Gasteiger partial charge is 0.457 e. The fourth-order valence-corrected chi connectivity index (χ4v) is 2.44. The fourth-order valence-electron chi connectivity index (χ4n) is 2.44. The van der Waals surface area contributed by atoms with Gasteiger partial charge in [-0.15, -0.1) is 5.10 Å². The summed E-state index contributed by atoms with van der Waals surface area (Å²) in [6, 6.07) is 19.4. The highest BCUT2D eigenvalue weighted by Gasteiger charge is 2.09. The highest BCUT2D eigenvalue weighted by Crippen LogP contribution is 2.26. The van der Waals surface area contributed by atoms with E-state index in [1.54, 1.807) is 24.5 Å². The fraction of sp³-hybridized carbons (Fsp3) is 0.0500. The number of hydrogen-bond donors (Lipinski definition) is 1. The van der Waals surface area contributed by atoms with Crippen LogP contribution in [0.2, 0.25) is 0 Å². The zero-order chi connectivity index (χ0) is 17.8. The summed E-state index contributed by atoms with van der Waals surface area (Å²) >= 11 is 0. The third-order valence-corrected chi connectivity index (χ3v) is 3.68. The normalized spacial score (nSPS) is 10.5. The van der Waals surface area contributed by atoms with Crippen molar-refractivity contribution in [1.82, 2.24) is 15.2 Å². The molecular weight excluding hydrogens is 328 g/mol. The predicted octanol–water partition coefficient (Wildman–Crippen LogP) is 4.98. The number of aryl methyl sites for hydroxylation is 1. The first-order valence-corrected chi connectivity index (χ1v) is 8.12. The minimum Gasteiger partial charge on any atom is -0.457 e. The van der Waals surface area contributed by atoms with Crippen molar-refractivity contribution < 1.29 is 9.15 Å². The Hall–Kier alpha value is -3.67. The topological polar surface area (TPSA) is 73.1 Å². The van der Waals surface area contributed by atoms with Crippen LogP contribution < -0.4 is 10.1 Å². The molecule has 0 radical (unpaired) electrons. The molecule has 0 aliphatic rings. The molecule has 0 saturated heterocycles. The third-order valence-electron chi connectivity index (χ3n) is 3.68. The monoisotopic (exact) mass is 344 g/mol. The Morgan fingerprint density at radius 1 is 0.885 bits per heavy atom. The van der Waals surface area contributed by atoms with E-state index in [4.69, 9.17) is 9.15 Å². The van der Waals surface area contributed by atoms with Gasteiger partial charge in [-0.05, 0) is 61.0 Å². The van der Waals surface area contributed by atoms with Crippen LogP contribution in [0, 0.1) is 6.92 Å². The molecule has 0 aliphatic carbocycles. The molecule has 2 heterocycles. The van der Waals surface area contributed by atoms with E-state index in [0.717, 1.165) is 28.3 Å². The van der Waals surface area contributed by atoms with Gasteiger partial charge in [0.2, 0.25) is 5.89 Å². The lowest BCUT2D eigenvalue weighted by Crippen LogP contribution is -1.90. The zero-order valence-electron chi connectivity index (χ0n) is 14.1. The van der Waals surface area contributed by atoms with Gasteiger partial charge in [-0.25, -0.2) is 0 Å². The average Bonchev–Trinajstić information content (AvgIpc) is 3.12. The van der Waals surface area contributed by atoms with Crippen molar-refractivity contribution in [3.8, 4) is 23.0 Å². The van der Waals surface area contributed by atoms with Crippen LogP contribution in [-0.2, 0) is 0 Å². The van der Waals surface area contributed by atoms with Gasteiger partial charge < -0.3 is 14.5 Å². The summed E-state index contributed by atoms with van der Waals surface area (Å²) < 4.78 is 11.4. The van der Waals surface area contributed by atoms with E-state index in [2.05, 4.69) is 20.5 Å². The van der Waals surface area contributed by atoms with Crippen molar-refractivity contribution in [3.63, 3.8) is 0 Å². The zero-order valence-corrected chi connectivity index (χ0v) is 14.1. The van der Waals surface area contributed by atoms with Crippen molar-refractivity contribution in [2.75, 3.05) is 5.32 Å². The maximum Gasteiger partial charge on any atom is 0.320 e. The minimum absolute atomic E-state index is 0.350. The Morgan fingerprint density at radius 3 is 2.42 bits per heavy atom. The quantitative estimate of drug-likeness (QED) is 0.551. The van der Waals surface area contributed by atoms with E-state index in [9.17, 15) is 0 Å². The first kappa shape index (κ1) is 15.8. The van der Waals surface area contributed by atoms with Crippen LogP contribution in [-0.4, -0.2) is 15.2 Å². The van der Waals surface area contributed by atoms with Gasteiger partial charge in [-0.1, -0.05) is 17.2 Å². The maximum atomic E-state index is 5.75. The average molecular weight is 344 g/mol. The lowest BCUT2D eigenvalue weighted by molar-refractivity contribution is 0.482. The molecule has 2 aromatic carbocycles. The van der Waals surface area contributed by atoms with Crippen LogP contribution >= 0.6 is 0 Å². The molecule has 0 bridgehead atoms. The number of benzene rings is 2. The molecule has 0 fully saturated rings. The van der Waals surface area contributed by atoms with E-state index in [1.165, 1.54) is 0 Å². The molecular formula is C20H16N4O2. The van der Waals surface area contributed by atoms with Gasteiger partial charge in [0.15, 0.2) is 0 Å². The van der Waals surface area contributed by atoms with E-state index in [-0.39, 0.29) is 0 Å². The second-order valence-corrected chi connectivity index (χ2v) is 5.72. The van der Waals surface area contributed by atoms with E-state index >= 15 is 0 Å². The molecule has 6 nitrogen and oxygen atoms in total. The molecule has 26 heavy (non-hydrogen) atoms. The number of ether oxygens (including phenoxy) is 1. The third kappa shape index (κ3) is 3.70. The lowest BCUT2D eigenvalue weighted by atomic mass is 10.2. The minimum atomic E-state index is 0.350. The molecule has 2 aromatic heterocycles. The summed E-state index contributed by atoms with van der Waals surface area (Å²) in [5.74, 6) is 1.89. The summed E-state index contributed by atoms with van der Waals surface area (Å²) in [6.07, 6.45) is 3.37. The Labute approximate surface area is 150 Å². The Kier molecular flexibility index (Phi) is 4.30. The first-order chi connectivity index (χ1) is 12.8. The summed E-state index contributed by atoms with van der Waals surface area (Å²) in [5, 5.41) is 11.2. The highest BCUT2D eigenvalue weighted by molar-refractivity contribution is 5.57. The number of nitrogens with zero attached hydrogens (tertiary/aromatic N) is 3. The maximum absolute atomic E-state index is 5.75. The molecule has 0 amide bonds. The number of nitrogens with one attached hydrogen (secondary N) is 1. The van der Waals surface area contributed by atoms with Gasteiger partial charge >= 0.3 is 6.01 Å². The predicted molar refractivity (Wildman–Crippen MR) is 98.5 cm³/mol. The van der Waals surface area contributed by atoms with Crippen molar-refractivity contribution in [1.29, 1.82) is 0 Å². The van der Waals surface area contributed by atoms with Crippen LogP contribution in [0.5, 0.6) is 11.5 Å². The number of pyridine rings is 1. The van der Waals surface area contributed by atoms with Crippen LogP contribution in [0.15, 0.2) is 77.5 Å². The lowest BCUT2D eigenvalue weighted by Gasteiger charge is -2.05. The molecule has 0 spiro atoms. The van der Waals surface area contributed by atoms with Gasteiger partial charge in [0, 0.05) is 23.6 Å². The SMILES string of the molecule is Cc1cccc(Nc2nnc(-c3ccc(Oc4ccncc4)cc3)o2)c1. The van der Waals surface area contributed by atoms with Crippen LogP contribution in [0.3, 0.4) is 0 Å². The molecule has 4 aromatic rings. The van der Waals surface area contributed by atoms with Gasteiger partial charge in [0.25, 0.3) is 0 Å². The molecule has 0 atom stereocenters. The Bertz CT molecular complexity index is 998. The molecule has 0 saturated carbocycles. The van der Waals surface area contributed by atoms with Crippen molar-refractivity contribution in [2.24, 2.45) is 0 Å². The first-order valence-electron chi connectivity index (χ1n) is 8.12. The van der Waals surface area contributed by atoms with Crippen molar-refractivity contribution >= 4 is 11.7 Å². The summed E-state index contributed by atoms with van der Waals surface area (Å²) in [6.45, 7) is 2.03. The van der Waals surface area contributed by atoms with Crippen LogP contribution in [0.1, 0.15) is 5.56 Å². The summed E-state index contributed by atoms with van der Waals surface area (Å²) in [4.78, 5) is 3.96. The molecule has 128 valence electrons. The highest BCUT2D eigenvalue weighted by atomic mass is 16.5.